The van der Waals surface area contributed by atoms with Gasteiger partial charge in [0, 0.05) is 18.3 Å². The fraction of sp³-hybridized carbons (Fsp3) is 0.290. The molecule has 0 bridgehead atoms. The first-order chi connectivity index (χ1) is 18.1. The van der Waals surface area contributed by atoms with Crippen molar-refractivity contribution < 1.29 is 19.1 Å². The number of ketones is 2. The number of para-hydroxylation sites is 1. The van der Waals surface area contributed by atoms with Gasteiger partial charge in [-0.1, -0.05) is 62.7 Å². The van der Waals surface area contributed by atoms with Crippen molar-refractivity contribution in [3.63, 3.8) is 0 Å². The second-order valence-corrected chi connectivity index (χ2v) is 10.7. The SMILES string of the molecule is COc1c(CCC(=O)C(C)(C)C)ccc(Cl)c1C(=O)Cc1cccc2c(Oc3cccc(C)c3)ncnc12. The lowest BCUT2D eigenvalue weighted by Crippen LogP contribution is -2.20. The van der Waals surface area contributed by atoms with Crippen LogP contribution in [0, 0.1) is 12.3 Å². The number of halogens is 1. The molecule has 1 heterocycles. The lowest BCUT2D eigenvalue weighted by Gasteiger charge is -2.18. The zero-order valence-corrected chi connectivity index (χ0v) is 23.1. The molecule has 0 saturated carbocycles. The molecule has 0 aliphatic heterocycles. The standard InChI is InChI=1S/C31H31ClN2O4/c1-19-8-6-10-22(16-19)38-30-23-11-7-9-21(28(23)33-18-34-30)17-25(35)27-24(32)14-12-20(29(27)37-5)13-15-26(36)31(2,3)4/h6-12,14,16,18H,13,15,17H2,1-5H3. The molecule has 0 atom stereocenters. The number of nitrogens with zero attached hydrogens (tertiary/aromatic N) is 2. The van der Waals surface area contributed by atoms with Crippen LogP contribution < -0.4 is 9.47 Å². The van der Waals surface area contributed by atoms with Crippen LogP contribution in [0.4, 0.5) is 0 Å². The van der Waals surface area contributed by atoms with E-state index in [4.69, 9.17) is 21.1 Å². The number of ether oxygens (including phenoxy) is 2. The predicted molar refractivity (Wildman–Crippen MR) is 150 cm³/mol. The number of benzene rings is 3. The van der Waals surface area contributed by atoms with Crippen LogP contribution in [0.15, 0.2) is 60.9 Å². The normalized spacial score (nSPS) is 11.4. The van der Waals surface area contributed by atoms with E-state index in [1.54, 1.807) is 6.07 Å². The van der Waals surface area contributed by atoms with Gasteiger partial charge in [0.1, 0.15) is 23.6 Å². The van der Waals surface area contributed by atoms with Gasteiger partial charge in [-0.05, 0) is 54.3 Å². The summed E-state index contributed by atoms with van der Waals surface area (Å²) >= 11 is 6.51. The van der Waals surface area contributed by atoms with Gasteiger partial charge in [0.05, 0.1) is 28.6 Å². The van der Waals surface area contributed by atoms with Crippen LogP contribution in [-0.4, -0.2) is 28.6 Å². The van der Waals surface area contributed by atoms with Crippen LogP contribution in [0.1, 0.15) is 54.2 Å². The average Bonchev–Trinajstić information content (AvgIpc) is 2.87. The molecule has 7 heteroatoms. The molecule has 0 unspecified atom stereocenters. The number of fused-ring (bicyclic) bond motifs is 1. The van der Waals surface area contributed by atoms with Crippen LogP contribution in [0.25, 0.3) is 10.9 Å². The molecular formula is C31H31ClN2O4. The van der Waals surface area contributed by atoms with Crippen molar-refractivity contribution in [3.8, 4) is 17.4 Å². The molecule has 4 aromatic rings. The van der Waals surface area contributed by atoms with Gasteiger partial charge < -0.3 is 9.47 Å². The number of Topliss-reactive ketones (excluding diaryl/α,β-unsaturated/α-hetero) is 2. The molecule has 0 radical (unpaired) electrons. The van der Waals surface area contributed by atoms with Crippen LogP contribution >= 0.6 is 11.6 Å². The molecule has 0 N–H and O–H groups in total. The van der Waals surface area contributed by atoms with E-state index in [1.807, 2.05) is 76.2 Å². The minimum Gasteiger partial charge on any atom is -0.496 e. The lowest BCUT2D eigenvalue weighted by atomic mass is 9.87. The third-order valence-corrected chi connectivity index (χ3v) is 6.71. The van der Waals surface area contributed by atoms with E-state index in [2.05, 4.69) is 9.97 Å². The monoisotopic (exact) mass is 530 g/mol. The molecule has 4 rings (SSSR count). The quantitative estimate of drug-likeness (QED) is 0.210. The minimum atomic E-state index is -0.434. The Morgan fingerprint density at radius 2 is 1.74 bits per heavy atom. The minimum absolute atomic E-state index is 0.0543. The molecule has 0 aliphatic carbocycles. The third-order valence-electron chi connectivity index (χ3n) is 6.40. The Morgan fingerprint density at radius 3 is 2.45 bits per heavy atom. The Bertz CT molecular complexity index is 1510. The smallest absolute Gasteiger partial charge is 0.230 e. The zero-order valence-electron chi connectivity index (χ0n) is 22.3. The number of hydrogen-bond acceptors (Lipinski definition) is 6. The summed E-state index contributed by atoms with van der Waals surface area (Å²) in [6, 6.07) is 16.8. The summed E-state index contributed by atoms with van der Waals surface area (Å²) in [5, 5.41) is 1.00. The fourth-order valence-electron chi connectivity index (χ4n) is 4.32. The van der Waals surface area contributed by atoms with E-state index >= 15 is 0 Å². The van der Waals surface area contributed by atoms with Crippen LogP contribution in [0.5, 0.6) is 17.4 Å². The largest absolute Gasteiger partial charge is 0.496 e. The maximum Gasteiger partial charge on any atom is 0.230 e. The number of hydrogen-bond donors (Lipinski definition) is 0. The second kappa shape index (κ2) is 11.3. The lowest BCUT2D eigenvalue weighted by molar-refractivity contribution is -0.126. The molecule has 0 amide bonds. The van der Waals surface area contributed by atoms with Crippen molar-refractivity contribution in [2.24, 2.45) is 5.41 Å². The topological polar surface area (TPSA) is 78.4 Å². The number of aromatic nitrogens is 2. The van der Waals surface area contributed by atoms with Crippen LogP contribution in [0.2, 0.25) is 5.02 Å². The summed E-state index contributed by atoms with van der Waals surface area (Å²) in [6.07, 6.45) is 2.29. The molecule has 0 spiro atoms. The Labute approximate surface area is 228 Å². The van der Waals surface area contributed by atoms with Crippen molar-refractivity contribution in [3.05, 3.63) is 88.2 Å². The molecular weight excluding hydrogens is 500 g/mol. The van der Waals surface area contributed by atoms with Crippen molar-refractivity contribution in [2.45, 2.75) is 47.0 Å². The Kier molecular flexibility index (Phi) is 8.12. The fourth-order valence-corrected chi connectivity index (χ4v) is 4.57. The second-order valence-electron chi connectivity index (χ2n) is 10.3. The van der Waals surface area contributed by atoms with Crippen molar-refractivity contribution in [1.82, 2.24) is 9.97 Å². The number of carbonyl (C=O) groups is 2. The highest BCUT2D eigenvalue weighted by atomic mass is 35.5. The third kappa shape index (κ3) is 6.03. The highest BCUT2D eigenvalue weighted by molar-refractivity contribution is 6.34. The highest BCUT2D eigenvalue weighted by Gasteiger charge is 2.24. The molecule has 0 saturated heterocycles. The zero-order chi connectivity index (χ0) is 27.4. The van der Waals surface area contributed by atoms with Gasteiger partial charge in [-0.15, -0.1) is 0 Å². The van der Waals surface area contributed by atoms with Crippen molar-refractivity contribution in [2.75, 3.05) is 7.11 Å². The summed E-state index contributed by atoms with van der Waals surface area (Å²) in [4.78, 5) is 34.9. The first-order valence-corrected chi connectivity index (χ1v) is 12.8. The Hall–Kier alpha value is -3.77. The van der Waals surface area contributed by atoms with Gasteiger partial charge in [0.15, 0.2) is 5.78 Å². The van der Waals surface area contributed by atoms with Gasteiger partial charge in [0.25, 0.3) is 0 Å². The van der Waals surface area contributed by atoms with E-state index in [0.29, 0.717) is 51.7 Å². The number of rotatable bonds is 9. The molecule has 3 aromatic carbocycles. The van der Waals surface area contributed by atoms with Gasteiger partial charge in [-0.3, -0.25) is 9.59 Å². The van der Waals surface area contributed by atoms with E-state index in [9.17, 15) is 9.59 Å². The first-order valence-electron chi connectivity index (χ1n) is 12.5. The average molecular weight is 531 g/mol. The van der Waals surface area contributed by atoms with E-state index in [1.165, 1.54) is 13.4 Å². The van der Waals surface area contributed by atoms with E-state index < -0.39 is 5.41 Å². The van der Waals surface area contributed by atoms with Gasteiger partial charge in [-0.2, -0.15) is 0 Å². The van der Waals surface area contributed by atoms with E-state index in [-0.39, 0.29) is 18.0 Å². The molecule has 0 fully saturated rings. The molecule has 6 nitrogen and oxygen atoms in total. The van der Waals surface area contributed by atoms with Crippen molar-refractivity contribution in [1.29, 1.82) is 0 Å². The number of methoxy groups -OCH3 is 1. The first kappa shape index (κ1) is 27.3. The summed E-state index contributed by atoms with van der Waals surface area (Å²) < 4.78 is 11.7. The molecule has 38 heavy (non-hydrogen) atoms. The summed E-state index contributed by atoms with van der Waals surface area (Å²) in [5.41, 5.74) is 3.05. The number of aryl methyl sites for hydroxylation is 2. The van der Waals surface area contributed by atoms with Gasteiger partial charge in [0.2, 0.25) is 5.88 Å². The summed E-state index contributed by atoms with van der Waals surface area (Å²) in [7, 11) is 1.51. The molecule has 1 aromatic heterocycles. The number of carbonyl (C=O) groups excluding carboxylic acids is 2. The van der Waals surface area contributed by atoms with E-state index in [0.717, 1.165) is 16.7 Å². The van der Waals surface area contributed by atoms with Crippen LogP contribution in [0.3, 0.4) is 0 Å². The van der Waals surface area contributed by atoms with Gasteiger partial charge in [-0.25, -0.2) is 9.97 Å². The summed E-state index contributed by atoms with van der Waals surface area (Å²) in [5.74, 6) is 1.42. The van der Waals surface area contributed by atoms with Crippen molar-refractivity contribution >= 4 is 34.1 Å². The highest BCUT2D eigenvalue weighted by Crippen LogP contribution is 2.34. The Balaban J connectivity index is 1.64. The maximum absolute atomic E-state index is 13.6. The van der Waals surface area contributed by atoms with Crippen LogP contribution in [-0.2, 0) is 17.6 Å². The molecule has 0 aliphatic rings. The van der Waals surface area contributed by atoms with Gasteiger partial charge >= 0.3 is 0 Å². The maximum atomic E-state index is 13.6. The predicted octanol–water partition coefficient (Wildman–Crippen LogP) is 7.37. The Morgan fingerprint density at radius 1 is 0.974 bits per heavy atom. The molecule has 196 valence electrons. The summed E-state index contributed by atoms with van der Waals surface area (Å²) in [6.45, 7) is 7.68.